The van der Waals surface area contributed by atoms with Gasteiger partial charge in [0, 0.05) is 27.7 Å². The Balaban J connectivity index is 0.926. The summed E-state index contributed by atoms with van der Waals surface area (Å²) in [6, 6.07) is -7.79. The van der Waals surface area contributed by atoms with Crippen molar-refractivity contribution in [3.05, 3.63) is 0 Å². The molecule has 50 atom stereocenters. The molecule has 0 bridgehead atoms. The predicted octanol–water partition coefficient (Wildman–Crippen LogP) is -21.1. The van der Waals surface area contributed by atoms with Gasteiger partial charge in [-0.25, -0.2) is 4.79 Å². The molecule has 710 valence electrons. The number of aliphatic hydroxyl groups is 26. The standard InChI is InChI=1S/C68H112N4O51/c1-14-31(83)40(92)45(97)63(107-14)106-13-26-52(37(89)27(59(104)108-26)69-15(2)79)117-60-28(70-16(3)80)39(91)51(24(11-78)113-60)118-67-49(101)55(36(88)25(115-67)12-105-64-46(98)41(93)32(84)19(6-73)110-64)121-68-57(43(95)33(85)20(7-74)112-68)123-61-29(71-17(4)81)38(90)50(23(10-77)114-61)116-62-30(72-18(5)82)53(34(86)21(8-75)109-62)119-66-48(100)54(35(87)22(9-76)111-66)120-65-47(99)42(94)44(96)56(122-65)58(102)103/h14,19-57,59-68,73-78,83-101,104H,6-13H2,1-5H3,(H,69,79)(H,70,80)(H,71,81)(H,72,82)(H,102,103)/t14-,19+,20+,21+,22+,23+,24+,25+,26+,27+,28+,29+,30+,31+,32+,33+,34-,35-,36+,37+,38+,39+,40+,41-,42-,43-,44-,45-,46-,47+,48+,49-,50+,51+,52+,53+,54-,55-,56-,57-,59+,60-,61-,62-,63+,64-,65+,66-,67-,68+/m0/s1. The maximum atomic E-state index is 13.3. The largest absolute Gasteiger partial charge is 0.479 e. The lowest BCUT2D eigenvalue weighted by Gasteiger charge is -2.51. The van der Waals surface area contributed by atoms with E-state index in [0.717, 1.165) is 27.7 Å². The summed E-state index contributed by atoms with van der Waals surface area (Å²) in [5.41, 5.74) is 0. The van der Waals surface area contributed by atoms with E-state index in [1.165, 1.54) is 6.92 Å². The molecule has 0 aromatic carbocycles. The second kappa shape index (κ2) is 43.5. The molecule has 4 amide bonds. The topological polar surface area (TPSA) is 855 Å². The second-order valence-corrected chi connectivity index (χ2v) is 31.0. The number of nitrogens with one attached hydrogen (secondary N) is 4. The highest BCUT2D eigenvalue weighted by atomic mass is 16.8. The summed E-state index contributed by atoms with van der Waals surface area (Å²) in [5, 5.41) is 309. The van der Waals surface area contributed by atoms with Gasteiger partial charge in [0.2, 0.25) is 23.6 Å². The van der Waals surface area contributed by atoms with E-state index in [2.05, 4.69) is 21.3 Å². The Kier molecular flexibility index (Phi) is 35.6. The van der Waals surface area contributed by atoms with Crippen molar-refractivity contribution in [2.24, 2.45) is 0 Å². The fourth-order valence-corrected chi connectivity index (χ4v) is 15.8. The van der Waals surface area contributed by atoms with Gasteiger partial charge >= 0.3 is 5.97 Å². The van der Waals surface area contributed by atoms with E-state index in [9.17, 15) is 162 Å². The van der Waals surface area contributed by atoms with Crippen molar-refractivity contribution >= 4 is 29.6 Å². The van der Waals surface area contributed by atoms with Gasteiger partial charge in [0.15, 0.2) is 69.0 Å². The summed E-state index contributed by atoms with van der Waals surface area (Å²) in [6.45, 7) is -3.89. The summed E-state index contributed by atoms with van der Waals surface area (Å²) in [4.78, 5) is 63.9. The highest BCUT2D eigenvalue weighted by Gasteiger charge is 2.62. The minimum atomic E-state index is -2.57. The van der Waals surface area contributed by atoms with E-state index in [1.807, 2.05) is 0 Å². The molecule has 55 nitrogen and oxygen atoms in total. The third-order valence-electron chi connectivity index (χ3n) is 22.4. The normalized spacial score (nSPS) is 49.4. The van der Waals surface area contributed by atoms with Gasteiger partial charge in [0.1, 0.15) is 232 Å². The Morgan fingerprint density at radius 1 is 0.252 bits per heavy atom. The molecule has 55 heteroatoms. The third kappa shape index (κ3) is 22.3. The SMILES string of the molecule is CC(=O)N[C@@H]1[C@@H](O)[C@H](O[C@@H]2O[C@H](CO)[C@@H](O[C@@H]3O[C@H](CO[C@H]4O[C@H](CO)[C@@H](O)[C@H](O)[C@@H]4O)[C@@H](O)[C@H](O[C@H]4O[C@H](CO)[C@@H](O)[C@H](O)[C@@H]4O[C@@H]4O[C@H](CO)[C@@H](O[C@@H]5O[C@H](CO)[C@H](O)[C@H](O[C@@H]6O[C@H](CO)[C@H](O)[C@H](O[C@@H]7O[C@H](C(=O)O)[C@@H](O)[C@H](O)[C@H]7O)[C@H]6O)[C@H]5NC(C)=O)[C@H](O)[C@H]4NC(C)=O)[C@@H]3O)[C@H](O)[C@H]2NC(C)=O)[C@@H](CO[C@@H]2O[C@@H](C)[C@@H](O)[C@@H](O)[C@@H]2O)O[C@H]1O. The first kappa shape index (κ1) is 101. The lowest BCUT2D eigenvalue weighted by atomic mass is 9.93. The number of ether oxygens (including phenoxy) is 19. The zero-order chi connectivity index (χ0) is 90.7. The molecule has 0 saturated carbocycles. The number of carboxylic acid groups (broad SMARTS) is 1. The van der Waals surface area contributed by atoms with Crippen LogP contribution in [0.5, 0.6) is 0 Å². The average molecular weight is 1800 g/mol. The lowest BCUT2D eigenvalue weighted by molar-refractivity contribution is -0.397. The van der Waals surface area contributed by atoms with E-state index in [1.54, 1.807) is 0 Å². The molecule has 10 aliphatic rings. The minimum Gasteiger partial charge on any atom is -0.479 e. The van der Waals surface area contributed by atoms with E-state index in [0.29, 0.717) is 0 Å². The molecular weight excluding hydrogens is 1690 g/mol. The molecule has 10 heterocycles. The molecule has 10 fully saturated rings. The zero-order valence-corrected chi connectivity index (χ0v) is 65.9. The van der Waals surface area contributed by atoms with Crippen LogP contribution in [0.1, 0.15) is 34.6 Å². The highest BCUT2D eigenvalue weighted by molar-refractivity contribution is 5.75. The van der Waals surface area contributed by atoms with Crippen LogP contribution in [0.15, 0.2) is 0 Å². The van der Waals surface area contributed by atoms with Crippen molar-refractivity contribution < 1.29 is 252 Å². The van der Waals surface area contributed by atoms with Crippen molar-refractivity contribution in [2.75, 3.05) is 52.9 Å². The molecule has 10 aliphatic heterocycles. The number of carboxylic acids is 1. The first-order valence-electron chi connectivity index (χ1n) is 39.0. The van der Waals surface area contributed by atoms with Crippen molar-refractivity contribution in [2.45, 2.75) is 341 Å². The summed E-state index contributed by atoms with van der Waals surface area (Å²) < 4.78 is 112. The Morgan fingerprint density at radius 3 is 1.05 bits per heavy atom. The van der Waals surface area contributed by atoms with Crippen LogP contribution in [0.4, 0.5) is 0 Å². The first-order chi connectivity index (χ1) is 58.0. The highest BCUT2D eigenvalue weighted by Crippen LogP contribution is 2.41. The Hall–Kier alpha value is -4.45. The fraction of sp³-hybridized carbons (Fsp3) is 0.926. The summed E-state index contributed by atoms with van der Waals surface area (Å²) in [6.07, 6.45) is -97.1. The Morgan fingerprint density at radius 2 is 0.561 bits per heavy atom. The maximum Gasteiger partial charge on any atom is 0.335 e. The number of aliphatic hydroxyl groups excluding tert-OH is 26. The van der Waals surface area contributed by atoms with Crippen LogP contribution in [-0.2, 0) is 114 Å². The number of rotatable bonds is 31. The fourth-order valence-electron chi connectivity index (χ4n) is 15.8. The van der Waals surface area contributed by atoms with Gasteiger partial charge in [-0.05, 0) is 6.92 Å². The quantitative estimate of drug-likeness (QED) is 0.0306. The van der Waals surface area contributed by atoms with Crippen molar-refractivity contribution in [1.82, 2.24) is 21.3 Å². The van der Waals surface area contributed by atoms with Crippen LogP contribution in [0.2, 0.25) is 0 Å². The van der Waals surface area contributed by atoms with Gasteiger partial charge in [-0.3, -0.25) is 19.2 Å². The molecule has 123 heavy (non-hydrogen) atoms. The smallest absolute Gasteiger partial charge is 0.335 e. The third-order valence-corrected chi connectivity index (χ3v) is 22.4. The molecule has 0 aromatic rings. The molecule has 0 unspecified atom stereocenters. The van der Waals surface area contributed by atoms with Crippen LogP contribution in [-0.4, -0.2) is 527 Å². The molecule has 0 spiro atoms. The number of amides is 4. The van der Waals surface area contributed by atoms with Crippen molar-refractivity contribution in [1.29, 1.82) is 0 Å². The van der Waals surface area contributed by atoms with Gasteiger partial charge in [0.25, 0.3) is 0 Å². The minimum absolute atomic E-state index is 0.832. The van der Waals surface area contributed by atoms with Crippen LogP contribution < -0.4 is 21.3 Å². The monoisotopic (exact) mass is 1800 g/mol. The summed E-state index contributed by atoms with van der Waals surface area (Å²) >= 11 is 0. The zero-order valence-electron chi connectivity index (χ0n) is 65.9. The molecular formula is C68H112N4O51. The van der Waals surface area contributed by atoms with Gasteiger partial charge in [-0.2, -0.15) is 0 Å². The van der Waals surface area contributed by atoms with Crippen LogP contribution in [0.3, 0.4) is 0 Å². The van der Waals surface area contributed by atoms with Gasteiger partial charge in [-0.1, -0.05) is 0 Å². The second-order valence-electron chi connectivity index (χ2n) is 31.0. The van der Waals surface area contributed by atoms with E-state index < -0.39 is 389 Å². The number of carbonyl (C=O) groups is 5. The lowest BCUT2D eigenvalue weighted by Crippen LogP contribution is -2.71. The van der Waals surface area contributed by atoms with Gasteiger partial charge in [-0.15, -0.1) is 0 Å². The molecule has 10 saturated heterocycles. The number of carbonyl (C=O) groups excluding carboxylic acids is 4. The molecule has 10 rings (SSSR count). The summed E-state index contributed by atoms with van der Waals surface area (Å²) in [5.74, 6) is -5.70. The van der Waals surface area contributed by atoms with Crippen LogP contribution in [0.25, 0.3) is 0 Å². The maximum absolute atomic E-state index is 13.3. The first-order valence-corrected chi connectivity index (χ1v) is 39.0. The van der Waals surface area contributed by atoms with Crippen molar-refractivity contribution in [3.8, 4) is 0 Å². The predicted molar refractivity (Wildman–Crippen MR) is 375 cm³/mol. The molecule has 0 aliphatic carbocycles. The Bertz CT molecular complexity index is 3380. The van der Waals surface area contributed by atoms with Crippen molar-refractivity contribution in [3.63, 3.8) is 0 Å². The van der Waals surface area contributed by atoms with Crippen LogP contribution >= 0.6 is 0 Å². The van der Waals surface area contributed by atoms with Gasteiger partial charge in [0.05, 0.1) is 59.0 Å². The van der Waals surface area contributed by atoms with Crippen LogP contribution in [0, 0.1) is 0 Å². The molecule has 0 aromatic heterocycles. The summed E-state index contributed by atoms with van der Waals surface area (Å²) in [7, 11) is 0. The Labute approximate surface area is 695 Å². The average Bonchev–Trinajstić information content (AvgIpc) is 0.721. The van der Waals surface area contributed by atoms with Gasteiger partial charge < -0.3 is 249 Å². The molecule has 31 N–H and O–H groups in total. The van der Waals surface area contributed by atoms with E-state index >= 15 is 0 Å². The molecule has 0 radical (unpaired) electrons. The number of hydrogen-bond acceptors (Lipinski definition) is 50. The van der Waals surface area contributed by atoms with E-state index in [4.69, 9.17) is 90.0 Å². The van der Waals surface area contributed by atoms with E-state index in [-0.39, 0.29) is 0 Å². The number of hydrogen-bond donors (Lipinski definition) is 31. The number of aliphatic carboxylic acids is 1.